The van der Waals surface area contributed by atoms with E-state index in [4.69, 9.17) is 4.74 Å². The summed E-state index contributed by atoms with van der Waals surface area (Å²) in [7, 11) is 0. The highest BCUT2D eigenvalue weighted by molar-refractivity contribution is 5.86. The average molecular weight is 585 g/mol. The van der Waals surface area contributed by atoms with Crippen LogP contribution in [0.25, 0.3) is 11.1 Å². The molecule has 2 aromatic rings. The number of hydrogen-bond acceptors (Lipinski definition) is 3. The number of carbonyl (C=O) groups excluding carboxylic acids is 1. The van der Waals surface area contributed by atoms with Gasteiger partial charge in [-0.05, 0) is 111 Å². The molecule has 1 aliphatic rings. The van der Waals surface area contributed by atoms with Gasteiger partial charge in [0.1, 0.15) is 0 Å². The van der Waals surface area contributed by atoms with Crippen LogP contribution in [-0.2, 0) is 22.4 Å². The minimum atomic E-state index is -0.392. The van der Waals surface area contributed by atoms with Crippen molar-refractivity contribution in [2.75, 3.05) is 13.2 Å². The Labute approximate surface area is 262 Å². The van der Waals surface area contributed by atoms with Crippen molar-refractivity contribution in [1.29, 1.82) is 0 Å². The van der Waals surface area contributed by atoms with E-state index < -0.39 is 5.97 Å². The predicted molar refractivity (Wildman–Crippen MR) is 182 cm³/mol. The van der Waals surface area contributed by atoms with Crippen molar-refractivity contribution in [2.45, 2.75) is 111 Å². The van der Waals surface area contributed by atoms with Crippen molar-refractivity contribution in [3.63, 3.8) is 0 Å². The van der Waals surface area contributed by atoms with Crippen LogP contribution in [0.4, 0.5) is 0 Å². The number of aliphatic hydroxyl groups is 1. The third kappa shape index (κ3) is 10.6. The first kappa shape index (κ1) is 34.6. The van der Waals surface area contributed by atoms with Crippen LogP contribution in [0.3, 0.4) is 0 Å². The molecule has 234 valence electrons. The van der Waals surface area contributed by atoms with E-state index in [9.17, 15) is 9.90 Å². The van der Waals surface area contributed by atoms with E-state index in [-0.39, 0.29) is 19.1 Å². The van der Waals surface area contributed by atoms with Crippen LogP contribution in [-0.4, -0.2) is 24.3 Å². The predicted octanol–water partition coefficient (Wildman–Crippen LogP) is 10.3. The van der Waals surface area contributed by atoms with Crippen molar-refractivity contribution < 1.29 is 14.6 Å². The third-order valence-corrected chi connectivity index (χ3v) is 9.33. The molecule has 1 saturated carbocycles. The summed E-state index contributed by atoms with van der Waals surface area (Å²) in [6.07, 6.45) is 17.2. The summed E-state index contributed by atoms with van der Waals surface area (Å²) in [5, 5.41) is 9.81. The van der Waals surface area contributed by atoms with Gasteiger partial charge in [-0.3, -0.25) is 0 Å². The number of hydrogen-bond donors (Lipinski definition) is 1. The summed E-state index contributed by atoms with van der Waals surface area (Å²) in [5.41, 5.74) is 10.2. The van der Waals surface area contributed by atoms with E-state index in [2.05, 4.69) is 88.9 Å². The topological polar surface area (TPSA) is 46.5 Å². The molecule has 1 fully saturated rings. The Morgan fingerprint density at radius 2 is 1.72 bits per heavy atom. The second-order valence-corrected chi connectivity index (χ2v) is 12.7. The molecule has 3 heteroatoms. The van der Waals surface area contributed by atoms with Crippen LogP contribution in [0, 0.1) is 11.8 Å². The van der Waals surface area contributed by atoms with Crippen LogP contribution < -0.4 is 0 Å². The summed E-state index contributed by atoms with van der Waals surface area (Å²) in [6.45, 7) is 14.4. The van der Waals surface area contributed by atoms with Crippen molar-refractivity contribution >= 4 is 5.97 Å². The van der Waals surface area contributed by atoms with Gasteiger partial charge in [-0.25, -0.2) is 4.79 Å². The summed E-state index contributed by atoms with van der Waals surface area (Å²) < 4.78 is 5.29. The molecule has 0 aromatic heterocycles. The standard InChI is InChI=1S/C40H56O3/c1-7-10-11-12-32-15-17-37(18-16-32)39-24-23-38(26-34(39)9-3)36-21-19-35(20-22-36)30(6)13-14-31(8-2)25-33(27-41)28-43-40(42)29(4)5/h13-18,23-24,26,33,35-36,41H,4,7-12,19-22,25,27-28H2,1-3,5-6H3/b30-13+,31-14+. The monoisotopic (exact) mass is 584 g/mol. The van der Waals surface area contributed by atoms with Gasteiger partial charge in [0.05, 0.1) is 6.61 Å². The minimum Gasteiger partial charge on any atom is -0.462 e. The lowest BCUT2D eigenvalue weighted by molar-refractivity contribution is -0.140. The lowest BCUT2D eigenvalue weighted by atomic mass is 9.75. The van der Waals surface area contributed by atoms with Crippen LogP contribution in [0.1, 0.15) is 115 Å². The maximum atomic E-state index is 11.7. The molecule has 0 aliphatic heterocycles. The van der Waals surface area contributed by atoms with Crippen molar-refractivity contribution in [1.82, 2.24) is 0 Å². The molecule has 3 nitrogen and oxygen atoms in total. The zero-order chi connectivity index (χ0) is 31.2. The van der Waals surface area contributed by atoms with Crippen LogP contribution in [0.15, 0.2) is 77.9 Å². The van der Waals surface area contributed by atoms with Gasteiger partial charge < -0.3 is 9.84 Å². The van der Waals surface area contributed by atoms with Gasteiger partial charge >= 0.3 is 5.97 Å². The highest BCUT2D eigenvalue weighted by Gasteiger charge is 2.24. The molecule has 1 N–H and O–H groups in total. The third-order valence-electron chi connectivity index (χ3n) is 9.33. The van der Waals surface area contributed by atoms with Crippen LogP contribution >= 0.6 is 0 Å². The fourth-order valence-electron chi connectivity index (χ4n) is 6.33. The van der Waals surface area contributed by atoms with E-state index in [1.54, 1.807) is 6.92 Å². The number of aryl methyl sites for hydroxylation is 2. The minimum absolute atomic E-state index is 0.000348. The van der Waals surface area contributed by atoms with Crippen molar-refractivity contribution in [2.24, 2.45) is 11.8 Å². The Morgan fingerprint density at radius 1 is 1.00 bits per heavy atom. The summed E-state index contributed by atoms with van der Waals surface area (Å²) >= 11 is 0. The first-order valence-corrected chi connectivity index (χ1v) is 16.8. The van der Waals surface area contributed by atoms with Gasteiger partial charge in [-0.2, -0.15) is 0 Å². The van der Waals surface area contributed by atoms with Gasteiger partial charge in [0, 0.05) is 18.1 Å². The lowest BCUT2D eigenvalue weighted by Gasteiger charge is -2.30. The Hall–Kier alpha value is -2.91. The number of carbonyl (C=O) groups is 1. The van der Waals surface area contributed by atoms with Crippen molar-refractivity contribution in [3.8, 4) is 11.1 Å². The molecule has 0 amide bonds. The normalized spacial score (nSPS) is 18.4. The SMILES string of the molecule is C=C(C)C(=O)OCC(CO)C/C(=C/C=C(\C)C1CCC(c2ccc(-c3ccc(CCCCC)cc3)c(CC)c2)CC1)CC. The molecule has 3 rings (SSSR count). The van der Waals surface area contributed by atoms with E-state index in [1.807, 2.05) is 0 Å². The smallest absolute Gasteiger partial charge is 0.333 e. The van der Waals surface area contributed by atoms with Gasteiger partial charge in [0.2, 0.25) is 0 Å². The fraction of sp³-hybridized carbons (Fsp3) is 0.525. The quantitative estimate of drug-likeness (QED) is 0.0924. The van der Waals surface area contributed by atoms with E-state index in [1.165, 1.54) is 90.3 Å². The Kier molecular flexibility index (Phi) is 14.5. The summed E-state index contributed by atoms with van der Waals surface area (Å²) in [6, 6.07) is 16.5. The second kappa shape index (κ2) is 18.0. The molecule has 0 heterocycles. The molecule has 1 unspecified atom stereocenters. The van der Waals surface area contributed by atoms with Crippen molar-refractivity contribution in [3.05, 3.63) is 94.6 Å². The molecule has 0 saturated heterocycles. The van der Waals surface area contributed by atoms with Gasteiger partial charge in [0.15, 0.2) is 0 Å². The lowest BCUT2D eigenvalue weighted by Crippen LogP contribution is -2.18. The summed E-state index contributed by atoms with van der Waals surface area (Å²) in [4.78, 5) is 11.7. The number of unbranched alkanes of at least 4 members (excludes halogenated alkanes) is 2. The van der Waals surface area contributed by atoms with Gasteiger partial charge in [-0.15, -0.1) is 0 Å². The second-order valence-electron chi connectivity index (χ2n) is 12.7. The first-order chi connectivity index (χ1) is 20.8. The fourth-order valence-corrected chi connectivity index (χ4v) is 6.33. The molecule has 0 radical (unpaired) electrons. The highest BCUT2D eigenvalue weighted by Crippen LogP contribution is 2.40. The average Bonchev–Trinajstić information content (AvgIpc) is 3.04. The van der Waals surface area contributed by atoms with E-state index in [0.717, 1.165) is 19.3 Å². The number of benzene rings is 2. The zero-order valence-electron chi connectivity index (χ0n) is 27.6. The van der Waals surface area contributed by atoms with Crippen LogP contribution in [0.5, 0.6) is 0 Å². The number of esters is 1. The molecule has 1 aliphatic carbocycles. The summed E-state index contributed by atoms with van der Waals surface area (Å²) in [5.74, 6) is 0.777. The number of allylic oxidation sites excluding steroid dienone is 4. The number of aliphatic hydroxyl groups excluding tert-OH is 1. The van der Waals surface area contributed by atoms with E-state index >= 15 is 0 Å². The molecular formula is C40H56O3. The molecule has 2 aromatic carbocycles. The molecular weight excluding hydrogens is 528 g/mol. The largest absolute Gasteiger partial charge is 0.462 e. The molecule has 1 atom stereocenters. The Morgan fingerprint density at radius 3 is 2.33 bits per heavy atom. The molecule has 0 spiro atoms. The number of ether oxygens (including phenoxy) is 1. The Balaban J connectivity index is 1.58. The Bertz CT molecular complexity index is 1220. The first-order valence-electron chi connectivity index (χ1n) is 16.8. The maximum Gasteiger partial charge on any atom is 0.333 e. The van der Waals surface area contributed by atoms with Gasteiger partial charge in [0.25, 0.3) is 0 Å². The van der Waals surface area contributed by atoms with Crippen LogP contribution in [0.2, 0.25) is 0 Å². The van der Waals surface area contributed by atoms with Gasteiger partial charge in [-0.1, -0.05) is 106 Å². The zero-order valence-corrected chi connectivity index (χ0v) is 27.6. The maximum absolute atomic E-state index is 11.7. The molecule has 43 heavy (non-hydrogen) atoms. The molecule has 0 bridgehead atoms. The number of rotatable bonds is 16. The van der Waals surface area contributed by atoms with E-state index in [0.29, 0.717) is 17.4 Å². The highest BCUT2D eigenvalue weighted by atomic mass is 16.5.